The SMILES string of the molecule is CC[C@@H](C)NC(=O)COC(=O)c1c(-n2c(C)ccc2C)sc(C)c1C. The molecule has 2 rings (SSSR count). The number of rotatable bonds is 6. The van der Waals surface area contributed by atoms with Crippen LogP contribution in [0, 0.1) is 27.7 Å². The zero-order valence-corrected chi connectivity index (χ0v) is 16.5. The Bertz CT molecular complexity index is 769. The Balaban J connectivity index is 2.24. The van der Waals surface area contributed by atoms with Crippen LogP contribution in [0.3, 0.4) is 0 Å². The number of amides is 1. The van der Waals surface area contributed by atoms with Gasteiger partial charge < -0.3 is 14.6 Å². The average Bonchev–Trinajstić information content (AvgIpc) is 3.04. The van der Waals surface area contributed by atoms with Crippen LogP contribution in [0.1, 0.15) is 52.5 Å². The molecule has 1 amide bonds. The minimum atomic E-state index is -0.455. The Labute approximate surface area is 153 Å². The third-order valence-corrected chi connectivity index (χ3v) is 5.59. The summed E-state index contributed by atoms with van der Waals surface area (Å²) in [6.07, 6.45) is 0.832. The Hall–Kier alpha value is -2.08. The highest BCUT2D eigenvalue weighted by atomic mass is 32.1. The number of thiophene rings is 1. The van der Waals surface area contributed by atoms with Crippen LogP contribution in [0.15, 0.2) is 12.1 Å². The number of nitrogens with one attached hydrogen (secondary N) is 1. The zero-order valence-electron chi connectivity index (χ0n) is 15.7. The lowest BCUT2D eigenvalue weighted by Gasteiger charge is -2.13. The summed E-state index contributed by atoms with van der Waals surface area (Å²) in [6.45, 7) is 11.6. The highest BCUT2D eigenvalue weighted by Gasteiger charge is 2.24. The Morgan fingerprint density at radius 3 is 2.36 bits per heavy atom. The quantitative estimate of drug-likeness (QED) is 0.794. The maximum atomic E-state index is 12.7. The van der Waals surface area contributed by atoms with E-state index in [2.05, 4.69) is 9.88 Å². The first-order valence-electron chi connectivity index (χ1n) is 8.48. The molecule has 0 bridgehead atoms. The molecule has 136 valence electrons. The summed E-state index contributed by atoms with van der Waals surface area (Å²) in [6, 6.07) is 4.11. The third-order valence-electron chi connectivity index (χ3n) is 4.40. The van der Waals surface area contributed by atoms with Crippen LogP contribution in [0.25, 0.3) is 5.00 Å². The minimum Gasteiger partial charge on any atom is -0.452 e. The van der Waals surface area contributed by atoms with E-state index in [0.29, 0.717) is 5.56 Å². The molecule has 0 aliphatic rings. The van der Waals surface area contributed by atoms with Gasteiger partial charge in [-0.3, -0.25) is 4.79 Å². The normalized spacial score (nSPS) is 12.1. The summed E-state index contributed by atoms with van der Waals surface area (Å²) in [5.74, 6) is -0.731. The second-order valence-corrected chi connectivity index (χ2v) is 7.57. The molecular formula is C19H26N2O3S. The fraction of sp³-hybridized carbons (Fsp3) is 0.474. The van der Waals surface area contributed by atoms with Crippen LogP contribution in [0.4, 0.5) is 0 Å². The van der Waals surface area contributed by atoms with Gasteiger partial charge in [0, 0.05) is 22.3 Å². The molecule has 0 unspecified atom stereocenters. The van der Waals surface area contributed by atoms with Crippen LogP contribution >= 0.6 is 11.3 Å². The van der Waals surface area contributed by atoms with Crippen molar-refractivity contribution < 1.29 is 14.3 Å². The number of nitrogens with zero attached hydrogens (tertiary/aromatic N) is 1. The summed E-state index contributed by atoms with van der Waals surface area (Å²) in [5, 5.41) is 3.65. The summed E-state index contributed by atoms with van der Waals surface area (Å²) >= 11 is 1.57. The lowest BCUT2D eigenvalue weighted by molar-refractivity contribution is -0.124. The monoisotopic (exact) mass is 362 g/mol. The van der Waals surface area contributed by atoms with Crippen molar-refractivity contribution in [3.05, 3.63) is 39.5 Å². The standard InChI is InChI=1S/C19H26N2O3S/c1-7-11(2)20-16(22)10-24-19(23)17-14(5)15(6)25-18(17)21-12(3)8-9-13(21)4/h8-9,11H,7,10H2,1-6H3,(H,20,22)/t11-/m1/s1. The van der Waals surface area contributed by atoms with Crippen LogP contribution in [-0.4, -0.2) is 29.1 Å². The molecule has 25 heavy (non-hydrogen) atoms. The number of aryl methyl sites for hydroxylation is 3. The number of carbonyl (C=O) groups excluding carboxylic acids is 2. The van der Waals surface area contributed by atoms with Crippen molar-refractivity contribution >= 4 is 23.2 Å². The van der Waals surface area contributed by atoms with Gasteiger partial charge in [0.2, 0.25) is 0 Å². The number of carbonyl (C=O) groups is 2. The van der Waals surface area contributed by atoms with Crippen LogP contribution in [-0.2, 0) is 9.53 Å². The minimum absolute atomic E-state index is 0.0667. The van der Waals surface area contributed by atoms with E-state index in [1.54, 1.807) is 11.3 Å². The topological polar surface area (TPSA) is 60.3 Å². The second-order valence-electron chi connectivity index (χ2n) is 6.37. The van der Waals surface area contributed by atoms with E-state index in [4.69, 9.17) is 4.74 Å². The van der Waals surface area contributed by atoms with Gasteiger partial charge in [-0.25, -0.2) is 4.79 Å². The summed E-state index contributed by atoms with van der Waals surface area (Å²) < 4.78 is 7.35. The van der Waals surface area contributed by atoms with Crippen molar-refractivity contribution in [2.75, 3.05) is 6.61 Å². The molecule has 0 radical (unpaired) electrons. The molecule has 1 N–H and O–H groups in total. The molecule has 6 heteroatoms. The van der Waals surface area contributed by atoms with E-state index >= 15 is 0 Å². The molecule has 1 atom stereocenters. The smallest absolute Gasteiger partial charge is 0.341 e. The molecule has 0 aromatic carbocycles. The Morgan fingerprint density at radius 2 is 1.80 bits per heavy atom. The lowest BCUT2D eigenvalue weighted by atomic mass is 10.1. The maximum absolute atomic E-state index is 12.7. The van der Waals surface area contributed by atoms with Crippen molar-refractivity contribution in [3.63, 3.8) is 0 Å². The number of ether oxygens (including phenoxy) is 1. The van der Waals surface area contributed by atoms with E-state index in [0.717, 1.165) is 33.3 Å². The predicted octanol–water partition coefficient (Wildman–Crippen LogP) is 3.84. The van der Waals surface area contributed by atoms with Crippen molar-refractivity contribution in [1.29, 1.82) is 0 Å². The van der Waals surface area contributed by atoms with Gasteiger partial charge in [0.05, 0.1) is 5.56 Å². The maximum Gasteiger partial charge on any atom is 0.341 e. The van der Waals surface area contributed by atoms with E-state index in [1.165, 1.54) is 0 Å². The third kappa shape index (κ3) is 4.12. The zero-order chi connectivity index (χ0) is 18.7. The van der Waals surface area contributed by atoms with Crippen LogP contribution in [0.2, 0.25) is 0 Å². The molecule has 5 nitrogen and oxygen atoms in total. The van der Waals surface area contributed by atoms with Gasteiger partial charge >= 0.3 is 5.97 Å². The molecule has 2 aromatic heterocycles. The molecule has 0 fully saturated rings. The molecular weight excluding hydrogens is 336 g/mol. The van der Waals surface area contributed by atoms with Crippen LogP contribution < -0.4 is 5.32 Å². The number of aromatic nitrogens is 1. The van der Waals surface area contributed by atoms with Crippen LogP contribution in [0.5, 0.6) is 0 Å². The van der Waals surface area contributed by atoms with Crippen molar-refractivity contribution in [3.8, 4) is 5.00 Å². The second kappa shape index (κ2) is 7.87. The average molecular weight is 362 g/mol. The van der Waals surface area contributed by atoms with Crippen molar-refractivity contribution in [1.82, 2.24) is 9.88 Å². The molecule has 0 aliphatic carbocycles. The highest BCUT2D eigenvalue weighted by molar-refractivity contribution is 7.15. The molecule has 2 heterocycles. The largest absolute Gasteiger partial charge is 0.452 e. The Morgan fingerprint density at radius 1 is 1.20 bits per heavy atom. The molecule has 2 aromatic rings. The molecule has 0 saturated carbocycles. The fourth-order valence-electron chi connectivity index (χ4n) is 2.62. The number of esters is 1. The highest BCUT2D eigenvalue weighted by Crippen LogP contribution is 2.33. The van der Waals surface area contributed by atoms with Gasteiger partial charge in [0.15, 0.2) is 6.61 Å². The first-order valence-corrected chi connectivity index (χ1v) is 9.29. The number of hydrogen-bond donors (Lipinski definition) is 1. The Kier molecular flexibility index (Phi) is 6.06. The first-order chi connectivity index (χ1) is 11.8. The molecule has 0 aliphatic heterocycles. The molecule has 0 saturated heterocycles. The lowest BCUT2D eigenvalue weighted by Crippen LogP contribution is -2.35. The van der Waals surface area contributed by atoms with Gasteiger partial charge in [-0.2, -0.15) is 0 Å². The summed E-state index contributed by atoms with van der Waals surface area (Å²) in [4.78, 5) is 25.6. The molecule has 0 spiro atoms. The first kappa shape index (κ1) is 19.2. The van der Waals surface area contributed by atoms with Gasteiger partial charge in [0.1, 0.15) is 5.00 Å². The van der Waals surface area contributed by atoms with Gasteiger partial charge in [-0.15, -0.1) is 11.3 Å². The number of hydrogen-bond acceptors (Lipinski definition) is 4. The van der Waals surface area contributed by atoms with Crippen molar-refractivity contribution in [2.45, 2.75) is 54.0 Å². The fourth-order valence-corrected chi connectivity index (χ4v) is 3.88. The summed E-state index contributed by atoms with van der Waals surface area (Å²) in [5.41, 5.74) is 3.56. The van der Waals surface area contributed by atoms with E-state index < -0.39 is 5.97 Å². The van der Waals surface area contributed by atoms with Crippen molar-refractivity contribution in [2.24, 2.45) is 0 Å². The van der Waals surface area contributed by atoms with Gasteiger partial charge in [0.25, 0.3) is 5.91 Å². The van der Waals surface area contributed by atoms with E-state index in [9.17, 15) is 9.59 Å². The van der Waals surface area contributed by atoms with Gasteiger partial charge in [-0.1, -0.05) is 6.92 Å². The van der Waals surface area contributed by atoms with E-state index in [-0.39, 0.29) is 18.6 Å². The van der Waals surface area contributed by atoms with Gasteiger partial charge in [-0.05, 0) is 58.7 Å². The predicted molar refractivity (Wildman–Crippen MR) is 101 cm³/mol. The summed E-state index contributed by atoms with van der Waals surface area (Å²) in [7, 11) is 0. The van der Waals surface area contributed by atoms with E-state index in [1.807, 2.05) is 53.7 Å².